The molecule has 1 unspecified atom stereocenters. The highest BCUT2D eigenvalue weighted by Crippen LogP contribution is 2.15. The van der Waals surface area contributed by atoms with E-state index >= 15 is 0 Å². The van der Waals surface area contributed by atoms with Crippen LogP contribution in [0.1, 0.15) is 46.5 Å². The Labute approximate surface area is 138 Å². The highest BCUT2D eigenvalue weighted by molar-refractivity contribution is 5.94. The molecule has 3 heteroatoms. The lowest BCUT2D eigenvalue weighted by molar-refractivity contribution is 0.0635. The van der Waals surface area contributed by atoms with E-state index < -0.39 is 0 Å². The first kappa shape index (κ1) is 17.2. The predicted octanol–water partition coefficient (Wildman–Crippen LogP) is 4.20. The smallest absolute Gasteiger partial charge is 0.251 e. The summed E-state index contributed by atoms with van der Waals surface area (Å²) in [6, 6.07) is 16.0. The summed E-state index contributed by atoms with van der Waals surface area (Å²) in [7, 11) is 0. The molecule has 0 aromatic heterocycles. The van der Waals surface area contributed by atoms with Crippen molar-refractivity contribution in [2.45, 2.75) is 33.3 Å². The molecule has 0 aliphatic heterocycles. The number of benzene rings is 2. The van der Waals surface area contributed by atoms with Gasteiger partial charge in [0.05, 0.1) is 6.10 Å². The molecule has 1 atom stereocenters. The standard InChI is InChI=1S/C20H25NO2/c1-15-12-16(2)14-19(13-15)20(22)21-10-7-11-23-17(3)18-8-5-4-6-9-18/h4-6,8-9,12-14,17H,7,10-11H2,1-3H3,(H,21,22). The van der Waals surface area contributed by atoms with Crippen molar-refractivity contribution in [2.75, 3.05) is 13.2 Å². The van der Waals surface area contributed by atoms with E-state index in [1.54, 1.807) is 0 Å². The van der Waals surface area contributed by atoms with Crippen LogP contribution in [0.15, 0.2) is 48.5 Å². The molecule has 122 valence electrons. The average Bonchev–Trinajstić information content (AvgIpc) is 2.54. The van der Waals surface area contributed by atoms with Crippen LogP contribution in [0.25, 0.3) is 0 Å². The van der Waals surface area contributed by atoms with Crippen molar-refractivity contribution >= 4 is 5.91 Å². The lowest BCUT2D eigenvalue weighted by Gasteiger charge is -2.13. The van der Waals surface area contributed by atoms with E-state index in [-0.39, 0.29) is 12.0 Å². The largest absolute Gasteiger partial charge is 0.374 e. The van der Waals surface area contributed by atoms with Gasteiger partial charge in [-0.25, -0.2) is 0 Å². The van der Waals surface area contributed by atoms with Crippen molar-refractivity contribution in [1.82, 2.24) is 5.32 Å². The Morgan fingerprint density at radius 1 is 1.09 bits per heavy atom. The molecule has 2 aromatic rings. The summed E-state index contributed by atoms with van der Waals surface area (Å²) in [5.41, 5.74) is 4.11. The van der Waals surface area contributed by atoms with Gasteiger partial charge >= 0.3 is 0 Å². The van der Waals surface area contributed by atoms with Crippen molar-refractivity contribution in [1.29, 1.82) is 0 Å². The molecule has 1 amide bonds. The fourth-order valence-electron chi connectivity index (χ4n) is 2.56. The van der Waals surface area contributed by atoms with E-state index in [9.17, 15) is 4.79 Å². The zero-order chi connectivity index (χ0) is 16.7. The van der Waals surface area contributed by atoms with Gasteiger partial charge in [0, 0.05) is 18.7 Å². The zero-order valence-corrected chi connectivity index (χ0v) is 14.1. The second-order valence-electron chi connectivity index (χ2n) is 5.91. The first-order valence-electron chi connectivity index (χ1n) is 8.09. The van der Waals surface area contributed by atoms with Gasteiger partial charge in [0.15, 0.2) is 0 Å². The minimum Gasteiger partial charge on any atom is -0.374 e. The fourth-order valence-corrected chi connectivity index (χ4v) is 2.56. The van der Waals surface area contributed by atoms with Crippen molar-refractivity contribution < 1.29 is 9.53 Å². The van der Waals surface area contributed by atoms with E-state index in [1.165, 1.54) is 5.56 Å². The van der Waals surface area contributed by atoms with Gasteiger partial charge in [-0.2, -0.15) is 0 Å². The van der Waals surface area contributed by atoms with Crippen LogP contribution in [-0.2, 0) is 4.74 Å². The fraction of sp³-hybridized carbons (Fsp3) is 0.350. The molecule has 1 N–H and O–H groups in total. The summed E-state index contributed by atoms with van der Waals surface area (Å²) in [6.45, 7) is 7.30. The minimum atomic E-state index is -0.0205. The van der Waals surface area contributed by atoms with Crippen LogP contribution >= 0.6 is 0 Å². The van der Waals surface area contributed by atoms with Gasteiger partial charge in [-0.05, 0) is 44.9 Å². The summed E-state index contributed by atoms with van der Waals surface area (Å²) in [5, 5.41) is 2.95. The van der Waals surface area contributed by atoms with E-state index in [0.29, 0.717) is 13.2 Å². The summed E-state index contributed by atoms with van der Waals surface area (Å²) in [6.07, 6.45) is 0.875. The number of aryl methyl sites for hydroxylation is 2. The number of carbonyl (C=O) groups is 1. The monoisotopic (exact) mass is 311 g/mol. The van der Waals surface area contributed by atoms with Crippen LogP contribution in [0.2, 0.25) is 0 Å². The van der Waals surface area contributed by atoms with Gasteiger partial charge in [0.1, 0.15) is 0 Å². The summed E-state index contributed by atoms with van der Waals surface area (Å²) < 4.78 is 5.80. The number of carbonyl (C=O) groups excluding carboxylic acids is 1. The van der Waals surface area contributed by atoms with Crippen LogP contribution in [-0.4, -0.2) is 19.1 Å². The van der Waals surface area contributed by atoms with E-state index in [0.717, 1.165) is 23.1 Å². The third-order valence-electron chi connectivity index (χ3n) is 3.73. The topological polar surface area (TPSA) is 38.3 Å². The molecule has 2 aromatic carbocycles. The third-order valence-corrected chi connectivity index (χ3v) is 3.73. The third kappa shape index (κ3) is 5.53. The van der Waals surface area contributed by atoms with Gasteiger partial charge in [-0.15, -0.1) is 0 Å². The van der Waals surface area contributed by atoms with Gasteiger partial charge in [-0.3, -0.25) is 4.79 Å². The lowest BCUT2D eigenvalue weighted by atomic mass is 10.1. The molecular weight excluding hydrogens is 286 g/mol. The molecule has 0 aliphatic rings. The van der Waals surface area contributed by atoms with Crippen molar-refractivity contribution in [3.63, 3.8) is 0 Å². The predicted molar refractivity (Wildman–Crippen MR) is 93.7 cm³/mol. The van der Waals surface area contributed by atoms with Gasteiger partial charge in [0.2, 0.25) is 0 Å². The zero-order valence-electron chi connectivity index (χ0n) is 14.1. The Balaban J connectivity index is 1.70. The van der Waals surface area contributed by atoms with Crippen molar-refractivity contribution in [2.24, 2.45) is 0 Å². The molecule has 0 aliphatic carbocycles. The first-order valence-corrected chi connectivity index (χ1v) is 8.09. The minimum absolute atomic E-state index is 0.0205. The molecular formula is C20H25NO2. The Bertz CT molecular complexity index is 617. The molecule has 0 saturated heterocycles. The number of amides is 1. The number of hydrogen-bond donors (Lipinski definition) is 1. The molecule has 0 fully saturated rings. The van der Waals surface area contributed by atoms with Crippen molar-refractivity contribution in [3.05, 3.63) is 70.8 Å². The normalized spacial score (nSPS) is 12.0. The van der Waals surface area contributed by atoms with Gasteiger partial charge in [0.25, 0.3) is 5.91 Å². The van der Waals surface area contributed by atoms with E-state index in [2.05, 4.69) is 23.5 Å². The Morgan fingerprint density at radius 2 is 1.74 bits per heavy atom. The molecule has 0 bridgehead atoms. The van der Waals surface area contributed by atoms with Crippen LogP contribution in [0, 0.1) is 13.8 Å². The van der Waals surface area contributed by atoms with Gasteiger partial charge in [-0.1, -0.05) is 47.5 Å². The Morgan fingerprint density at radius 3 is 2.39 bits per heavy atom. The lowest BCUT2D eigenvalue weighted by Crippen LogP contribution is -2.25. The number of nitrogens with one attached hydrogen (secondary N) is 1. The average molecular weight is 311 g/mol. The molecule has 0 heterocycles. The maximum Gasteiger partial charge on any atom is 0.251 e. The van der Waals surface area contributed by atoms with Crippen LogP contribution < -0.4 is 5.32 Å². The molecule has 3 nitrogen and oxygen atoms in total. The first-order chi connectivity index (χ1) is 11.1. The SMILES string of the molecule is Cc1cc(C)cc(C(=O)NCCCOC(C)c2ccccc2)c1. The Hall–Kier alpha value is -2.13. The second-order valence-corrected chi connectivity index (χ2v) is 5.91. The second kappa shape index (κ2) is 8.49. The maximum absolute atomic E-state index is 12.1. The number of hydrogen-bond acceptors (Lipinski definition) is 2. The highest BCUT2D eigenvalue weighted by Gasteiger charge is 2.07. The van der Waals surface area contributed by atoms with Crippen LogP contribution in [0.3, 0.4) is 0 Å². The number of ether oxygens (including phenoxy) is 1. The number of rotatable bonds is 7. The van der Waals surface area contributed by atoms with Crippen molar-refractivity contribution in [3.8, 4) is 0 Å². The molecule has 23 heavy (non-hydrogen) atoms. The molecule has 0 spiro atoms. The van der Waals surface area contributed by atoms with Crippen LogP contribution in [0.5, 0.6) is 0 Å². The molecule has 0 saturated carbocycles. The van der Waals surface area contributed by atoms with E-state index in [1.807, 2.05) is 51.1 Å². The summed E-state index contributed by atoms with van der Waals surface area (Å²) in [5.74, 6) is -0.0205. The molecule has 2 rings (SSSR count). The maximum atomic E-state index is 12.1. The van der Waals surface area contributed by atoms with Crippen LogP contribution in [0.4, 0.5) is 0 Å². The van der Waals surface area contributed by atoms with E-state index in [4.69, 9.17) is 4.74 Å². The van der Waals surface area contributed by atoms with Gasteiger partial charge < -0.3 is 10.1 Å². The highest BCUT2D eigenvalue weighted by atomic mass is 16.5. The summed E-state index contributed by atoms with van der Waals surface area (Å²) in [4.78, 5) is 12.1. The quantitative estimate of drug-likeness (QED) is 0.778. The summed E-state index contributed by atoms with van der Waals surface area (Å²) >= 11 is 0. The Kier molecular flexibility index (Phi) is 6.36. The molecule has 0 radical (unpaired) electrons.